The molecule has 2 N–H and O–H groups in total. The summed E-state index contributed by atoms with van der Waals surface area (Å²) in [4.78, 5) is 13.7. The average Bonchev–Trinajstić information content (AvgIpc) is 3.22. The van der Waals surface area contributed by atoms with Gasteiger partial charge in [-0.2, -0.15) is 5.10 Å². The van der Waals surface area contributed by atoms with Crippen molar-refractivity contribution in [2.45, 2.75) is 37.8 Å². The third-order valence-electron chi connectivity index (χ3n) is 4.57. The van der Waals surface area contributed by atoms with E-state index in [-0.39, 0.29) is 18.4 Å². The number of aromatic nitrogens is 2. The summed E-state index contributed by atoms with van der Waals surface area (Å²) in [5, 5.41) is 17.6. The third kappa shape index (κ3) is 4.36. The zero-order chi connectivity index (χ0) is 17.9. The van der Waals surface area contributed by atoms with Gasteiger partial charge in [0.15, 0.2) is 0 Å². The van der Waals surface area contributed by atoms with Gasteiger partial charge in [0.1, 0.15) is 5.82 Å². The number of likely N-dealkylation sites (N-methyl/N-ethyl adjacent to an activating group) is 1. The minimum absolute atomic E-state index is 0.239. The quantitative estimate of drug-likeness (QED) is 0.874. The van der Waals surface area contributed by atoms with Gasteiger partial charge in [-0.1, -0.05) is 12.8 Å². The predicted octanol–water partition coefficient (Wildman–Crippen LogP) is 2.46. The zero-order valence-corrected chi connectivity index (χ0v) is 14.3. The minimum Gasteiger partial charge on any atom is -0.388 e. The maximum Gasteiger partial charge on any atom is 0.317 e. The number of hydrogen-bond donors (Lipinski definition) is 2. The number of amides is 2. The molecule has 1 aliphatic carbocycles. The number of aliphatic hydroxyl groups is 1. The van der Waals surface area contributed by atoms with E-state index in [1.165, 1.54) is 17.0 Å². The molecule has 1 aromatic heterocycles. The molecule has 134 valence electrons. The molecule has 3 rings (SSSR count). The second kappa shape index (κ2) is 7.23. The third-order valence-corrected chi connectivity index (χ3v) is 4.57. The van der Waals surface area contributed by atoms with E-state index in [1.54, 1.807) is 36.1 Å². The summed E-state index contributed by atoms with van der Waals surface area (Å²) in [5.41, 5.74) is 0.696. The molecule has 0 spiro atoms. The fourth-order valence-corrected chi connectivity index (χ4v) is 3.20. The van der Waals surface area contributed by atoms with Gasteiger partial charge in [0.25, 0.3) is 0 Å². The second-order valence-corrected chi connectivity index (χ2v) is 6.67. The SMILES string of the molecule is CN(CC1(O)CCCC1)C(=O)NCc1ccn(-c2ccc(F)cc2)n1. The number of carbonyl (C=O) groups excluding carboxylic acids is 1. The van der Waals surface area contributed by atoms with Crippen LogP contribution < -0.4 is 5.32 Å². The highest BCUT2D eigenvalue weighted by Crippen LogP contribution is 2.29. The molecule has 0 unspecified atom stereocenters. The van der Waals surface area contributed by atoms with Crippen LogP contribution in [0.5, 0.6) is 0 Å². The molecule has 2 aromatic rings. The van der Waals surface area contributed by atoms with Crippen molar-refractivity contribution >= 4 is 6.03 Å². The van der Waals surface area contributed by atoms with E-state index in [0.29, 0.717) is 12.2 Å². The number of rotatable bonds is 5. The summed E-state index contributed by atoms with van der Waals surface area (Å²) in [7, 11) is 1.68. The molecule has 1 heterocycles. The molecule has 0 saturated heterocycles. The lowest BCUT2D eigenvalue weighted by Gasteiger charge is -2.28. The van der Waals surface area contributed by atoms with E-state index in [1.807, 2.05) is 0 Å². The summed E-state index contributed by atoms with van der Waals surface area (Å²) in [5.74, 6) is -0.296. The van der Waals surface area contributed by atoms with E-state index < -0.39 is 5.60 Å². The van der Waals surface area contributed by atoms with Crippen LogP contribution in [-0.2, 0) is 6.54 Å². The molecule has 0 radical (unpaired) electrons. The smallest absolute Gasteiger partial charge is 0.317 e. The van der Waals surface area contributed by atoms with Gasteiger partial charge in [0.05, 0.1) is 30.1 Å². The Morgan fingerprint density at radius 1 is 1.32 bits per heavy atom. The molecule has 6 nitrogen and oxygen atoms in total. The summed E-state index contributed by atoms with van der Waals surface area (Å²) < 4.78 is 14.6. The highest BCUT2D eigenvalue weighted by atomic mass is 19.1. The topological polar surface area (TPSA) is 70.4 Å². The standard InChI is InChI=1S/C18H23FN4O2/c1-22(13-18(25)9-2-3-10-18)17(24)20-12-15-8-11-23(21-15)16-6-4-14(19)5-7-16/h4-8,11,25H,2-3,9-10,12-13H2,1H3,(H,20,24). The Kier molecular flexibility index (Phi) is 5.03. The van der Waals surface area contributed by atoms with Gasteiger partial charge >= 0.3 is 6.03 Å². The molecular weight excluding hydrogens is 323 g/mol. The first kappa shape index (κ1) is 17.4. The van der Waals surface area contributed by atoms with Crippen LogP contribution in [0.2, 0.25) is 0 Å². The van der Waals surface area contributed by atoms with Gasteiger partial charge in [-0.3, -0.25) is 0 Å². The predicted molar refractivity (Wildman–Crippen MR) is 91.8 cm³/mol. The molecule has 1 saturated carbocycles. The number of urea groups is 1. The average molecular weight is 346 g/mol. The maximum absolute atomic E-state index is 13.0. The molecule has 1 fully saturated rings. The van der Waals surface area contributed by atoms with Crippen molar-refractivity contribution in [2.75, 3.05) is 13.6 Å². The van der Waals surface area contributed by atoms with Gasteiger partial charge < -0.3 is 15.3 Å². The normalized spacial score (nSPS) is 16.0. The number of nitrogens with zero attached hydrogens (tertiary/aromatic N) is 3. The van der Waals surface area contributed by atoms with E-state index in [9.17, 15) is 14.3 Å². The Labute approximate surface area is 146 Å². The number of carbonyl (C=O) groups is 1. The summed E-state index contributed by atoms with van der Waals surface area (Å²) in [6.07, 6.45) is 5.26. The van der Waals surface area contributed by atoms with Crippen molar-refractivity contribution in [3.05, 3.63) is 48.0 Å². The van der Waals surface area contributed by atoms with E-state index in [0.717, 1.165) is 31.4 Å². The Hall–Kier alpha value is -2.41. The van der Waals surface area contributed by atoms with E-state index in [2.05, 4.69) is 10.4 Å². The molecule has 1 aliphatic rings. The molecular formula is C18H23FN4O2. The van der Waals surface area contributed by atoms with Crippen molar-refractivity contribution in [1.29, 1.82) is 0 Å². The van der Waals surface area contributed by atoms with Gasteiger partial charge in [0, 0.05) is 13.2 Å². The highest BCUT2D eigenvalue weighted by Gasteiger charge is 2.33. The van der Waals surface area contributed by atoms with Crippen LogP contribution >= 0.6 is 0 Å². The molecule has 1 aromatic carbocycles. The number of benzene rings is 1. The summed E-state index contributed by atoms with van der Waals surface area (Å²) >= 11 is 0. The number of nitrogens with one attached hydrogen (secondary N) is 1. The van der Waals surface area contributed by atoms with Gasteiger partial charge in [-0.05, 0) is 43.2 Å². The summed E-state index contributed by atoms with van der Waals surface area (Å²) in [6.45, 7) is 0.624. The fourth-order valence-electron chi connectivity index (χ4n) is 3.20. The largest absolute Gasteiger partial charge is 0.388 e. The fraction of sp³-hybridized carbons (Fsp3) is 0.444. The van der Waals surface area contributed by atoms with Crippen LogP contribution in [0.3, 0.4) is 0 Å². The molecule has 7 heteroatoms. The van der Waals surface area contributed by atoms with Crippen molar-refractivity contribution < 1.29 is 14.3 Å². The van der Waals surface area contributed by atoms with Crippen molar-refractivity contribution in [1.82, 2.24) is 20.0 Å². The second-order valence-electron chi connectivity index (χ2n) is 6.67. The minimum atomic E-state index is -0.754. The van der Waals surface area contributed by atoms with Crippen molar-refractivity contribution in [3.8, 4) is 5.69 Å². The van der Waals surface area contributed by atoms with Crippen LogP contribution in [0.15, 0.2) is 36.5 Å². The first-order valence-electron chi connectivity index (χ1n) is 8.47. The molecule has 0 atom stereocenters. The van der Waals surface area contributed by atoms with Gasteiger partial charge in [-0.25, -0.2) is 13.9 Å². The first-order chi connectivity index (χ1) is 12.0. The molecule has 0 bridgehead atoms. The Morgan fingerprint density at radius 2 is 2.00 bits per heavy atom. The van der Waals surface area contributed by atoms with Crippen LogP contribution in [0.1, 0.15) is 31.4 Å². The number of halogens is 1. The van der Waals surface area contributed by atoms with Gasteiger partial charge in [-0.15, -0.1) is 0 Å². The lowest BCUT2D eigenvalue weighted by atomic mass is 10.0. The van der Waals surface area contributed by atoms with Crippen molar-refractivity contribution in [2.24, 2.45) is 0 Å². The Bertz CT molecular complexity index is 723. The Morgan fingerprint density at radius 3 is 2.68 bits per heavy atom. The van der Waals surface area contributed by atoms with E-state index in [4.69, 9.17) is 0 Å². The molecule has 25 heavy (non-hydrogen) atoms. The monoisotopic (exact) mass is 346 g/mol. The van der Waals surface area contributed by atoms with Crippen LogP contribution in [0.4, 0.5) is 9.18 Å². The maximum atomic E-state index is 13.0. The lowest BCUT2D eigenvalue weighted by molar-refractivity contribution is 0.0247. The Balaban J connectivity index is 1.53. The van der Waals surface area contributed by atoms with Crippen LogP contribution in [0.25, 0.3) is 5.69 Å². The zero-order valence-electron chi connectivity index (χ0n) is 14.3. The first-order valence-corrected chi connectivity index (χ1v) is 8.47. The summed E-state index contributed by atoms with van der Waals surface area (Å²) in [6, 6.07) is 7.59. The van der Waals surface area contributed by atoms with Crippen LogP contribution in [-0.4, -0.2) is 45.0 Å². The highest BCUT2D eigenvalue weighted by molar-refractivity contribution is 5.73. The van der Waals surface area contributed by atoms with Crippen LogP contribution in [0, 0.1) is 5.82 Å². The molecule has 0 aliphatic heterocycles. The lowest BCUT2D eigenvalue weighted by Crippen LogP contribution is -2.45. The number of hydrogen-bond acceptors (Lipinski definition) is 3. The molecule has 2 amide bonds. The van der Waals surface area contributed by atoms with E-state index >= 15 is 0 Å². The van der Waals surface area contributed by atoms with Gasteiger partial charge in [0.2, 0.25) is 0 Å². The van der Waals surface area contributed by atoms with Crippen molar-refractivity contribution in [3.63, 3.8) is 0 Å².